The highest BCUT2D eigenvalue weighted by atomic mass is 32.2. The second-order valence-corrected chi connectivity index (χ2v) is 7.31. The van der Waals surface area contributed by atoms with Crippen LogP contribution in [0.1, 0.15) is 33.1 Å². The molecule has 2 aliphatic rings. The van der Waals surface area contributed by atoms with Gasteiger partial charge in [-0.2, -0.15) is 0 Å². The van der Waals surface area contributed by atoms with Crippen LogP contribution in [0.3, 0.4) is 0 Å². The number of terminal acetylenes is 1. The summed E-state index contributed by atoms with van der Waals surface area (Å²) in [5.41, 5.74) is 0. The van der Waals surface area contributed by atoms with Gasteiger partial charge in [-0.3, -0.25) is 9.80 Å². The minimum absolute atomic E-state index is 0.737. The average molecular weight is 280 g/mol. The Bertz CT molecular complexity index is 310. The second kappa shape index (κ2) is 7.57. The zero-order valence-electron chi connectivity index (χ0n) is 12.5. The van der Waals surface area contributed by atoms with E-state index in [0.717, 1.165) is 23.8 Å². The summed E-state index contributed by atoms with van der Waals surface area (Å²) in [4.78, 5) is 5.49. The van der Waals surface area contributed by atoms with Crippen molar-refractivity contribution in [3.8, 4) is 12.3 Å². The van der Waals surface area contributed by atoms with E-state index >= 15 is 0 Å². The number of fused-ring (bicyclic) bond motifs is 1. The molecule has 0 amide bonds. The molecule has 2 heterocycles. The fraction of sp³-hybridized carbons (Fsp3) is 0.875. The Morgan fingerprint density at radius 3 is 2.89 bits per heavy atom. The summed E-state index contributed by atoms with van der Waals surface area (Å²) in [7, 11) is 0. The maximum Gasteiger partial charge on any atom is 0.0545 e. The highest BCUT2D eigenvalue weighted by Gasteiger charge is 2.35. The van der Waals surface area contributed by atoms with E-state index in [-0.39, 0.29) is 0 Å². The predicted molar refractivity (Wildman–Crippen MR) is 85.6 cm³/mol. The molecule has 0 aromatic rings. The highest BCUT2D eigenvalue weighted by molar-refractivity contribution is 7.99. The van der Waals surface area contributed by atoms with Crippen molar-refractivity contribution >= 4 is 11.8 Å². The molecule has 0 saturated carbocycles. The van der Waals surface area contributed by atoms with Gasteiger partial charge in [-0.25, -0.2) is 0 Å². The third kappa shape index (κ3) is 4.15. The first-order valence-corrected chi connectivity index (χ1v) is 8.87. The number of rotatable bonds is 5. The van der Waals surface area contributed by atoms with Crippen LogP contribution in [-0.2, 0) is 0 Å². The maximum absolute atomic E-state index is 5.32. The molecule has 19 heavy (non-hydrogen) atoms. The summed E-state index contributed by atoms with van der Waals surface area (Å²) in [6, 6.07) is 1.56. The van der Waals surface area contributed by atoms with E-state index in [1.165, 1.54) is 51.2 Å². The number of piperidine rings is 1. The topological polar surface area (TPSA) is 6.48 Å². The molecule has 0 aliphatic carbocycles. The van der Waals surface area contributed by atoms with Gasteiger partial charge in [0.25, 0.3) is 0 Å². The van der Waals surface area contributed by atoms with Crippen LogP contribution in [0.15, 0.2) is 0 Å². The standard InChI is InChI=1S/C16H28N2S/c1-4-10-19-11-9-18-12-15-7-5-6-8-17(15)13-16(18)14(2)3/h1,14-16H,5-13H2,2-3H3. The molecule has 0 N–H and O–H groups in total. The molecular weight excluding hydrogens is 252 g/mol. The second-order valence-electron chi connectivity index (χ2n) is 6.21. The summed E-state index contributed by atoms with van der Waals surface area (Å²) in [5.74, 6) is 5.51. The Labute approximate surface area is 123 Å². The molecule has 2 saturated heterocycles. The van der Waals surface area contributed by atoms with Crippen molar-refractivity contribution in [2.45, 2.75) is 45.2 Å². The third-order valence-electron chi connectivity index (χ3n) is 4.56. The molecule has 2 atom stereocenters. The fourth-order valence-corrected chi connectivity index (χ4v) is 4.10. The van der Waals surface area contributed by atoms with E-state index < -0.39 is 0 Å². The van der Waals surface area contributed by atoms with E-state index in [4.69, 9.17) is 6.42 Å². The predicted octanol–water partition coefficient (Wildman–Crippen LogP) is 2.55. The first-order chi connectivity index (χ1) is 9.22. The van der Waals surface area contributed by atoms with Gasteiger partial charge in [0, 0.05) is 37.5 Å². The van der Waals surface area contributed by atoms with E-state index in [0.29, 0.717) is 0 Å². The molecule has 0 bridgehead atoms. The van der Waals surface area contributed by atoms with Gasteiger partial charge in [0.2, 0.25) is 0 Å². The molecular formula is C16H28N2S. The molecule has 0 aromatic carbocycles. The van der Waals surface area contributed by atoms with Crippen molar-refractivity contribution in [2.24, 2.45) is 5.92 Å². The monoisotopic (exact) mass is 280 g/mol. The minimum atomic E-state index is 0.737. The van der Waals surface area contributed by atoms with Gasteiger partial charge in [-0.15, -0.1) is 18.2 Å². The SMILES string of the molecule is C#CCSCCN1CC2CCCCN2CC1C(C)C. The number of nitrogens with zero attached hydrogens (tertiary/aromatic N) is 2. The molecule has 0 radical (unpaired) electrons. The quantitative estimate of drug-likeness (QED) is 0.564. The van der Waals surface area contributed by atoms with E-state index in [9.17, 15) is 0 Å². The summed E-state index contributed by atoms with van der Waals surface area (Å²) < 4.78 is 0. The number of thioether (sulfide) groups is 1. The van der Waals surface area contributed by atoms with Gasteiger partial charge >= 0.3 is 0 Å². The molecule has 108 valence electrons. The van der Waals surface area contributed by atoms with Gasteiger partial charge in [0.05, 0.1) is 5.75 Å². The summed E-state index contributed by atoms with van der Waals surface area (Å²) in [6.07, 6.45) is 9.55. The Morgan fingerprint density at radius 2 is 2.16 bits per heavy atom. The lowest BCUT2D eigenvalue weighted by molar-refractivity contribution is -0.00397. The van der Waals surface area contributed by atoms with Crippen molar-refractivity contribution in [2.75, 3.05) is 37.7 Å². The zero-order chi connectivity index (χ0) is 13.7. The molecule has 0 spiro atoms. The van der Waals surface area contributed by atoms with Crippen LogP contribution in [0.25, 0.3) is 0 Å². The first-order valence-electron chi connectivity index (χ1n) is 7.71. The lowest BCUT2D eigenvalue weighted by Crippen LogP contribution is -2.61. The summed E-state index contributed by atoms with van der Waals surface area (Å²) in [5, 5.41) is 0. The van der Waals surface area contributed by atoms with Crippen LogP contribution in [0.4, 0.5) is 0 Å². The molecule has 2 rings (SSSR count). The first kappa shape index (κ1) is 15.2. The molecule has 2 aliphatic heterocycles. The normalized spacial score (nSPS) is 29.2. The smallest absolute Gasteiger partial charge is 0.0545 e. The Balaban J connectivity index is 1.88. The Kier molecular flexibility index (Phi) is 6.06. The minimum Gasteiger partial charge on any atom is -0.298 e. The van der Waals surface area contributed by atoms with E-state index in [1.54, 1.807) is 0 Å². The van der Waals surface area contributed by atoms with E-state index in [1.807, 2.05) is 11.8 Å². The highest BCUT2D eigenvalue weighted by Crippen LogP contribution is 2.27. The Hall–Kier alpha value is -0.170. The largest absolute Gasteiger partial charge is 0.298 e. The summed E-state index contributed by atoms with van der Waals surface area (Å²) in [6.45, 7) is 9.84. The third-order valence-corrected chi connectivity index (χ3v) is 5.40. The van der Waals surface area contributed by atoms with Crippen LogP contribution in [0.2, 0.25) is 0 Å². The molecule has 3 heteroatoms. The fourth-order valence-electron chi connectivity index (χ4n) is 3.47. The van der Waals surface area contributed by atoms with Gasteiger partial charge < -0.3 is 0 Å². The number of hydrogen-bond acceptors (Lipinski definition) is 3. The van der Waals surface area contributed by atoms with Crippen LogP contribution in [0, 0.1) is 18.3 Å². The van der Waals surface area contributed by atoms with Gasteiger partial charge in [0.15, 0.2) is 0 Å². The van der Waals surface area contributed by atoms with Crippen molar-refractivity contribution in [3.63, 3.8) is 0 Å². The number of piperazine rings is 1. The lowest BCUT2D eigenvalue weighted by atomic mass is 9.92. The number of hydrogen-bond donors (Lipinski definition) is 0. The average Bonchev–Trinajstić information content (AvgIpc) is 2.42. The van der Waals surface area contributed by atoms with Gasteiger partial charge in [-0.1, -0.05) is 26.2 Å². The van der Waals surface area contributed by atoms with Gasteiger partial charge in [-0.05, 0) is 25.3 Å². The van der Waals surface area contributed by atoms with Gasteiger partial charge in [0.1, 0.15) is 0 Å². The zero-order valence-corrected chi connectivity index (χ0v) is 13.3. The van der Waals surface area contributed by atoms with Crippen molar-refractivity contribution in [3.05, 3.63) is 0 Å². The van der Waals surface area contributed by atoms with Crippen LogP contribution < -0.4 is 0 Å². The van der Waals surface area contributed by atoms with Crippen LogP contribution >= 0.6 is 11.8 Å². The molecule has 2 unspecified atom stereocenters. The lowest BCUT2D eigenvalue weighted by Gasteiger charge is -2.50. The van der Waals surface area contributed by atoms with E-state index in [2.05, 4.69) is 29.6 Å². The maximum atomic E-state index is 5.32. The Morgan fingerprint density at radius 1 is 1.32 bits per heavy atom. The van der Waals surface area contributed by atoms with Crippen LogP contribution in [-0.4, -0.2) is 59.6 Å². The van der Waals surface area contributed by atoms with Crippen molar-refractivity contribution in [1.82, 2.24) is 9.80 Å². The van der Waals surface area contributed by atoms with Crippen LogP contribution in [0.5, 0.6) is 0 Å². The van der Waals surface area contributed by atoms with Crippen molar-refractivity contribution in [1.29, 1.82) is 0 Å². The molecule has 0 aromatic heterocycles. The van der Waals surface area contributed by atoms with Crippen molar-refractivity contribution < 1.29 is 0 Å². The summed E-state index contributed by atoms with van der Waals surface area (Å²) >= 11 is 1.90. The molecule has 2 nitrogen and oxygen atoms in total. The molecule has 2 fully saturated rings.